The van der Waals surface area contributed by atoms with Gasteiger partial charge in [0.15, 0.2) is 0 Å². The van der Waals surface area contributed by atoms with Crippen molar-refractivity contribution in [1.82, 2.24) is 14.3 Å². The zero-order valence-corrected chi connectivity index (χ0v) is 27.4. The summed E-state index contributed by atoms with van der Waals surface area (Å²) in [6.07, 6.45) is 2.54. The molecule has 0 aliphatic carbocycles. The summed E-state index contributed by atoms with van der Waals surface area (Å²) in [5.41, 5.74) is 1.35. The fourth-order valence-electron chi connectivity index (χ4n) is 5.49. The molecule has 0 radical (unpaired) electrons. The summed E-state index contributed by atoms with van der Waals surface area (Å²) in [5, 5.41) is 1.43. The number of halogens is 6. The maximum atomic E-state index is 14.6. The van der Waals surface area contributed by atoms with Gasteiger partial charge in [-0.1, -0.05) is 28.1 Å². The van der Waals surface area contributed by atoms with Gasteiger partial charge in [0.05, 0.1) is 0 Å². The third-order valence-electron chi connectivity index (χ3n) is 7.69. The average molecular weight is 764 g/mol. The molecule has 0 unspecified atom stereocenters. The van der Waals surface area contributed by atoms with E-state index in [0.717, 1.165) is 34.1 Å². The van der Waals surface area contributed by atoms with Gasteiger partial charge in [-0.3, -0.25) is 14.5 Å². The topological polar surface area (TPSA) is 51.1 Å². The molecule has 1 aliphatic rings. The molecule has 0 atom stereocenters. The summed E-state index contributed by atoms with van der Waals surface area (Å²) in [5.74, 6) is -3.58. The van der Waals surface area contributed by atoms with E-state index < -0.39 is 23.3 Å². The van der Waals surface area contributed by atoms with E-state index in [1.807, 2.05) is 6.07 Å². The van der Waals surface area contributed by atoms with Crippen LogP contribution in [0.4, 0.5) is 17.6 Å². The quantitative estimate of drug-likeness (QED) is 0.0752. The number of carbonyl (C=O) groups excluding carboxylic acids is 2. The van der Waals surface area contributed by atoms with Crippen LogP contribution < -0.4 is 21.5 Å². The minimum Gasteiger partial charge on any atom is -1.00 e. The highest BCUT2D eigenvalue weighted by atomic mass is 79.9. The standard InChI is InChI=1S/C32H24BrF4N4O2S.BrH/c33-26-11-10-25-29-23(26)4-3-5-24(29)30(42)40(31(25)43)12-1-2-13-41-32(44)38(16-19-6-8-21(34)14-27(19)36)18-39(41)17-20-7-9-22(35)15-28(20)37;/h3-11,14-15,18H,1-2,12-13,16-17H2;1H/q+1;/p-1. The fourth-order valence-corrected chi connectivity index (χ4v) is 6.26. The van der Waals surface area contributed by atoms with Crippen molar-refractivity contribution < 1.29 is 48.7 Å². The summed E-state index contributed by atoms with van der Waals surface area (Å²) >= 11 is 9.18. The summed E-state index contributed by atoms with van der Waals surface area (Å²) in [6.45, 7) is 0.511. The molecule has 0 saturated heterocycles. The molecule has 2 amide bonds. The normalized spacial score (nSPS) is 12.6. The lowest BCUT2D eigenvalue weighted by molar-refractivity contribution is -0.696. The number of hydrogen-bond donors (Lipinski definition) is 0. The lowest BCUT2D eigenvalue weighted by Crippen LogP contribution is -3.00. The van der Waals surface area contributed by atoms with Crippen molar-refractivity contribution in [2.75, 3.05) is 6.54 Å². The zero-order valence-electron chi connectivity index (χ0n) is 23.5. The van der Waals surface area contributed by atoms with Crippen molar-refractivity contribution in [3.05, 3.63) is 128 Å². The van der Waals surface area contributed by atoms with Gasteiger partial charge in [0.25, 0.3) is 11.8 Å². The maximum Gasteiger partial charge on any atom is 0.325 e. The van der Waals surface area contributed by atoms with Crippen LogP contribution in [-0.4, -0.2) is 32.6 Å². The Bertz CT molecular complexity index is 2010. The third kappa shape index (κ3) is 6.38. The average Bonchev–Trinajstić information content (AvgIpc) is 3.28. The molecule has 6 rings (SSSR count). The van der Waals surface area contributed by atoms with E-state index in [0.29, 0.717) is 40.7 Å². The number of aromatic nitrogens is 3. The molecule has 5 aromatic rings. The molecule has 0 bridgehead atoms. The van der Waals surface area contributed by atoms with Gasteiger partial charge in [-0.25, -0.2) is 22.1 Å². The van der Waals surface area contributed by atoms with Gasteiger partial charge in [-0.2, -0.15) is 0 Å². The Kier molecular flexibility index (Phi) is 9.71. The molecular weight excluding hydrogens is 740 g/mol. The summed E-state index contributed by atoms with van der Waals surface area (Å²) in [4.78, 5) is 27.9. The Balaban J connectivity index is 0.00000400. The molecule has 1 aliphatic heterocycles. The SMILES string of the molecule is O=C1c2cccc3c(Br)ccc(c23)C(=O)N1CCCCn1c(=S)[n+](Cc2ccc(F)cc2F)cn1Cc1ccc(F)cc1F.[Br-]. The molecular formula is C32H24Br2F4N4O2S. The molecule has 6 nitrogen and oxygen atoms in total. The van der Waals surface area contributed by atoms with Crippen LogP contribution >= 0.6 is 28.1 Å². The monoisotopic (exact) mass is 762 g/mol. The van der Waals surface area contributed by atoms with Crippen LogP contribution in [0.25, 0.3) is 10.8 Å². The highest BCUT2D eigenvalue weighted by Gasteiger charge is 2.33. The molecule has 232 valence electrons. The number of unbranched alkanes of at least 4 members (excludes halogenated alkanes) is 1. The maximum absolute atomic E-state index is 14.6. The van der Waals surface area contributed by atoms with Gasteiger partial charge in [-0.05, 0) is 72.9 Å². The first-order chi connectivity index (χ1) is 21.1. The summed E-state index contributed by atoms with van der Waals surface area (Å²) in [6, 6.07) is 15.4. The van der Waals surface area contributed by atoms with Crippen LogP contribution in [0.15, 0.2) is 77.5 Å². The van der Waals surface area contributed by atoms with E-state index in [1.54, 1.807) is 44.5 Å². The molecule has 0 spiro atoms. The van der Waals surface area contributed by atoms with E-state index in [4.69, 9.17) is 12.2 Å². The molecule has 0 N–H and O–H groups in total. The van der Waals surface area contributed by atoms with Crippen LogP contribution in [-0.2, 0) is 19.6 Å². The van der Waals surface area contributed by atoms with Crippen molar-refractivity contribution >= 4 is 50.7 Å². The number of imide groups is 1. The van der Waals surface area contributed by atoms with Crippen LogP contribution in [0.1, 0.15) is 44.7 Å². The number of hydrogen-bond acceptors (Lipinski definition) is 3. The second-order valence-electron chi connectivity index (χ2n) is 10.5. The molecule has 4 aromatic carbocycles. The van der Waals surface area contributed by atoms with Gasteiger partial charge >= 0.3 is 4.77 Å². The van der Waals surface area contributed by atoms with Gasteiger partial charge in [0.1, 0.15) is 42.9 Å². The van der Waals surface area contributed by atoms with Gasteiger partial charge in [0, 0.05) is 50.8 Å². The highest BCUT2D eigenvalue weighted by molar-refractivity contribution is 9.10. The summed E-state index contributed by atoms with van der Waals surface area (Å²) < 4.78 is 62.0. The van der Waals surface area contributed by atoms with Crippen molar-refractivity contribution in [3.8, 4) is 0 Å². The minimum atomic E-state index is -0.726. The highest BCUT2D eigenvalue weighted by Crippen LogP contribution is 2.34. The van der Waals surface area contributed by atoms with E-state index in [2.05, 4.69) is 15.9 Å². The van der Waals surface area contributed by atoms with Gasteiger partial charge in [0.2, 0.25) is 6.33 Å². The lowest BCUT2D eigenvalue weighted by Gasteiger charge is -2.27. The zero-order chi connectivity index (χ0) is 31.1. The van der Waals surface area contributed by atoms with Crippen LogP contribution in [0, 0.1) is 28.0 Å². The number of rotatable bonds is 9. The van der Waals surface area contributed by atoms with Crippen LogP contribution in [0.2, 0.25) is 0 Å². The van der Waals surface area contributed by atoms with Gasteiger partial charge < -0.3 is 17.0 Å². The number of carbonyl (C=O) groups is 2. The lowest BCUT2D eigenvalue weighted by atomic mass is 9.94. The second-order valence-corrected chi connectivity index (χ2v) is 11.7. The Morgan fingerprint density at radius 2 is 1.40 bits per heavy atom. The minimum absolute atomic E-state index is 0. The van der Waals surface area contributed by atoms with E-state index in [1.165, 1.54) is 17.0 Å². The first-order valence-electron chi connectivity index (χ1n) is 13.8. The Morgan fingerprint density at radius 1 is 0.778 bits per heavy atom. The van der Waals surface area contributed by atoms with Crippen LogP contribution in [0.5, 0.6) is 0 Å². The molecule has 0 saturated carbocycles. The largest absolute Gasteiger partial charge is 1.00 e. The molecule has 2 heterocycles. The Morgan fingerprint density at radius 3 is 2.07 bits per heavy atom. The van der Waals surface area contributed by atoms with Gasteiger partial charge in [-0.15, -0.1) is 9.36 Å². The molecule has 13 heteroatoms. The predicted molar refractivity (Wildman–Crippen MR) is 161 cm³/mol. The van der Waals surface area contributed by atoms with E-state index >= 15 is 0 Å². The first-order valence-corrected chi connectivity index (χ1v) is 15.0. The van der Waals surface area contributed by atoms with Crippen LogP contribution in [0.3, 0.4) is 0 Å². The Labute approximate surface area is 279 Å². The van der Waals surface area contributed by atoms with E-state index in [-0.39, 0.29) is 59.6 Å². The molecule has 45 heavy (non-hydrogen) atoms. The smallest absolute Gasteiger partial charge is 0.325 e. The fraction of sp³-hybridized carbons (Fsp3) is 0.188. The summed E-state index contributed by atoms with van der Waals surface area (Å²) in [7, 11) is 0. The second kappa shape index (κ2) is 13.4. The van der Waals surface area contributed by atoms with Crippen molar-refractivity contribution in [2.45, 2.75) is 32.5 Å². The van der Waals surface area contributed by atoms with E-state index in [9.17, 15) is 27.2 Å². The first kappa shape index (κ1) is 32.7. The molecule has 0 fully saturated rings. The number of amides is 2. The number of nitrogens with zero attached hydrogens (tertiary/aromatic N) is 4. The molecule has 1 aromatic heterocycles. The number of benzene rings is 4. The Hall–Kier alpha value is -3.68. The third-order valence-corrected chi connectivity index (χ3v) is 8.83. The predicted octanol–water partition coefficient (Wildman–Crippen LogP) is 3.96. The van der Waals surface area contributed by atoms with Crippen molar-refractivity contribution in [2.24, 2.45) is 0 Å². The van der Waals surface area contributed by atoms with Crippen molar-refractivity contribution in [3.63, 3.8) is 0 Å². The van der Waals surface area contributed by atoms with Crippen molar-refractivity contribution in [1.29, 1.82) is 0 Å².